The number of nitrogens with one attached hydrogen (secondary N) is 2. The van der Waals surface area contributed by atoms with Gasteiger partial charge in [-0.05, 0) is 42.8 Å². The molecule has 2 aromatic rings. The Kier molecular flexibility index (Phi) is 4.71. The van der Waals surface area contributed by atoms with Crippen LogP contribution in [0.5, 0.6) is 0 Å². The normalized spacial score (nSPS) is 17.0. The zero-order valence-electron chi connectivity index (χ0n) is 13.3. The molecule has 0 unspecified atom stereocenters. The molecule has 0 spiro atoms. The second-order valence-electron chi connectivity index (χ2n) is 5.80. The molecule has 24 heavy (non-hydrogen) atoms. The second-order valence-corrected chi connectivity index (χ2v) is 6.23. The Labute approximate surface area is 145 Å². The highest BCUT2D eigenvalue weighted by molar-refractivity contribution is 6.30. The Balaban J connectivity index is 1.61. The molecule has 1 fully saturated rings. The summed E-state index contributed by atoms with van der Waals surface area (Å²) in [5, 5.41) is 6.30. The molecule has 1 aliphatic heterocycles. The average Bonchev–Trinajstić information content (AvgIpc) is 2.90. The molecular weight excluding hydrogens is 326 g/mol. The third-order valence-corrected chi connectivity index (χ3v) is 4.24. The van der Waals surface area contributed by atoms with Gasteiger partial charge in [0.1, 0.15) is 0 Å². The highest BCUT2D eigenvalue weighted by Gasteiger charge is 2.31. The SMILES string of the molecule is Cc1ccccc1NC(=O)N[C@H]1CC(=O)N(c2ccc(Cl)cc2)C1. The zero-order valence-corrected chi connectivity index (χ0v) is 14.0. The van der Waals surface area contributed by atoms with Crippen LogP contribution in [-0.4, -0.2) is 24.5 Å². The second kappa shape index (κ2) is 6.93. The minimum absolute atomic E-state index is 0.0153. The van der Waals surface area contributed by atoms with Crippen LogP contribution in [0.3, 0.4) is 0 Å². The van der Waals surface area contributed by atoms with Gasteiger partial charge in [0.25, 0.3) is 0 Å². The van der Waals surface area contributed by atoms with E-state index in [0.717, 1.165) is 16.9 Å². The van der Waals surface area contributed by atoms with E-state index in [4.69, 9.17) is 11.6 Å². The fourth-order valence-corrected chi connectivity index (χ4v) is 2.86. The molecule has 1 saturated heterocycles. The van der Waals surface area contributed by atoms with Crippen LogP contribution < -0.4 is 15.5 Å². The summed E-state index contributed by atoms with van der Waals surface area (Å²) in [6.45, 7) is 2.37. The van der Waals surface area contributed by atoms with Crippen LogP contribution in [0.15, 0.2) is 48.5 Å². The Hall–Kier alpha value is -2.53. The van der Waals surface area contributed by atoms with Crippen molar-refractivity contribution >= 4 is 34.9 Å². The first-order valence-electron chi connectivity index (χ1n) is 7.72. The Morgan fingerprint density at radius 1 is 1.17 bits per heavy atom. The van der Waals surface area contributed by atoms with E-state index in [0.29, 0.717) is 11.6 Å². The number of anilines is 2. The van der Waals surface area contributed by atoms with Crippen LogP contribution in [0.1, 0.15) is 12.0 Å². The van der Waals surface area contributed by atoms with E-state index in [1.54, 1.807) is 29.2 Å². The van der Waals surface area contributed by atoms with Crippen molar-refractivity contribution in [3.8, 4) is 0 Å². The van der Waals surface area contributed by atoms with Gasteiger partial charge in [-0.15, -0.1) is 0 Å². The predicted octanol–water partition coefficient (Wildman–Crippen LogP) is 3.58. The van der Waals surface area contributed by atoms with Crippen molar-refractivity contribution in [2.75, 3.05) is 16.8 Å². The number of hydrogen-bond donors (Lipinski definition) is 2. The number of aryl methyl sites for hydroxylation is 1. The number of para-hydroxylation sites is 1. The van der Waals surface area contributed by atoms with E-state index in [9.17, 15) is 9.59 Å². The van der Waals surface area contributed by atoms with Crippen LogP contribution in [0.25, 0.3) is 0 Å². The lowest BCUT2D eigenvalue weighted by molar-refractivity contribution is -0.117. The van der Waals surface area contributed by atoms with Crippen LogP contribution in [0, 0.1) is 6.92 Å². The Bertz CT molecular complexity index is 761. The molecule has 1 atom stereocenters. The highest BCUT2D eigenvalue weighted by Crippen LogP contribution is 2.23. The molecule has 124 valence electrons. The zero-order chi connectivity index (χ0) is 17.1. The molecule has 6 heteroatoms. The number of rotatable bonds is 3. The first-order valence-corrected chi connectivity index (χ1v) is 8.10. The van der Waals surface area contributed by atoms with Crippen molar-refractivity contribution < 1.29 is 9.59 Å². The summed E-state index contributed by atoms with van der Waals surface area (Å²) in [5.41, 5.74) is 2.53. The molecule has 3 rings (SSSR count). The highest BCUT2D eigenvalue weighted by atomic mass is 35.5. The van der Waals surface area contributed by atoms with Crippen LogP contribution in [0.4, 0.5) is 16.2 Å². The first kappa shape index (κ1) is 16.3. The molecule has 0 aliphatic carbocycles. The number of nitrogens with zero attached hydrogens (tertiary/aromatic N) is 1. The van der Waals surface area contributed by atoms with Crippen molar-refractivity contribution in [2.24, 2.45) is 0 Å². The van der Waals surface area contributed by atoms with E-state index >= 15 is 0 Å². The molecule has 5 nitrogen and oxygen atoms in total. The molecule has 0 saturated carbocycles. The van der Waals surface area contributed by atoms with Gasteiger partial charge in [0, 0.05) is 29.4 Å². The summed E-state index contributed by atoms with van der Waals surface area (Å²) in [5.74, 6) is -0.0153. The van der Waals surface area contributed by atoms with Gasteiger partial charge in [-0.1, -0.05) is 29.8 Å². The summed E-state index contributed by atoms with van der Waals surface area (Å²) in [6, 6.07) is 14.1. The molecule has 0 radical (unpaired) electrons. The van der Waals surface area contributed by atoms with Crippen molar-refractivity contribution in [1.29, 1.82) is 0 Å². The Morgan fingerprint density at radius 3 is 2.58 bits per heavy atom. The quantitative estimate of drug-likeness (QED) is 0.894. The number of amides is 3. The van der Waals surface area contributed by atoms with Gasteiger partial charge in [0.2, 0.25) is 5.91 Å². The molecule has 2 N–H and O–H groups in total. The molecule has 0 aromatic heterocycles. The summed E-state index contributed by atoms with van der Waals surface area (Å²) < 4.78 is 0. The van der Waals surface area contributed by atoms with E-state index in [-0.39, 0.29) is 24.4 Å². The molecule has 2 aromatic carbocycles. The number of urea groups is 1. The van der Waals surface area contributed by atoms with Crippen molar-refractivity contribution in [2.45, 2.75) is 19.4 Å². The van der Waals surface area contributed by atoms with Gasteiger partial charge in [-0.25, -0.2) is 4.79 Å². The summed E-state index contributed by atoms with van der Waals surface area (Å²) in [4.78, 5) is 26.0. The number of carbonyl (C=O) groups excluding carboxylic acids is 2. The third-order valence-electron chi connectivity index (χ3n) is 3.99. The van der Waals surface area contributed by atoms with Gasteiger partial charge in [-0.2, -0.15) is 0 Å². The number of benzene rings is 2. The van der Waals surface area contributed by atoms with E-state index in [2.05, 4.69) is 10.6 Å². The van der Waals surface area contributed by atoms with E-state index in [1.807, 2.05) is 31.2 Å². The monoisotopic (exact) mass is 343 g/mol. The molecule has 1 heterocycles. The maximum atomic E-state index is 12.2. The van der Waals surface area contributed by atoms with Crippen molar-refractivity contribution in [3.63, 3.8) is 0 Å². The smallest absolute Gasteiger partial charge is 0.319 e. The standard InChI is InChI=1S/C18H18ClN3O2/c1-12-4-2-3-5-16(12)21-18(24)20-14-10-17(23)22(11-14)15-8-6-13(19)7-9-15/h2-9,14H,10-11H2,1H3,(H2,20,21,24)/t14-/m0/s1. The van der Waals surface area contributed by atoms with Gasteiger partial charge < -0.3 is 15.5 Å². The fourth-order valence-electron chi connectivity index (χ4n) is 2.73. The Morgan fingerprint density at radius 2 is 1.88 bits per heavy atom. The largest absolute Gasteiger partial charge is 0.333 e. The minimum Gasteiger partial charge on any atom is -0.333 e. The van der Waals surface area contributed by atoms with Crippen molar-refractivity contribution in [3.05, 3.63) is 59.1 Å². The molecule has 0 bridgehead atoms. The summed E-state index contributed by atoms with van der Waals surface area (Å²) >= 11 is 5.87. The summed E-state index contributed by atoms with van der Waals surface area (Å²) in [7, 11) is 0. The van der Waals surface area contributed by atoms with Gasteiger partial charge in [0.15, 0.2) is 0 Å². The van der Waals surface area contributed by atoms with Gasteiger partial charge >= 0.3 is 6.03 Å². The van der Waals surface area contributed by atoms with Gasteiger partial charge in [-0.3, -0.25) is 4.79 Å². The lowest BCUT2D eigenvalue weighted by Crippen LogP contribution is -2.39. The van der Waals surface area contributed by atoms with Crippen LogP contribution >= 0.6 is 11.6 Å². The molecule has 1 aliphatic rings. The first-order chi connectivity index (χ1) is 11.5. The molecule has 3 amide bonds. The number of hydrogen-bond acceptors (Lipinski definition) is 2. The maximum absolute atomic E-state index is 12.2. The lowest BCUT2D eigenvalue weighted by Gasteiger charge is -2.17. The third kappa shape index (κ3) is 3.68. The molecular formula is C18H18ClN3O2. The summed E-state index contributed by atoms with van der Waals surface area (Å²) in [6.07, 6.45) is 0.282. The van der Waals surface area contributed by atoms with Crippen LogP contribution in [0.2, 0.25) is 5.02 Å². The average molecular weight is 344 g/mol. The van der Waals surface area contributed by atoms with Crippen LogP contribution in [-0.2, 0) is 4.79 Å². The van der Waals surface area contributed by atoms with Crippen molar-refractivity contribution in [1.82, 2.24) is 5.32 Å². The fraction of sp³-hybridized carbons (Fsp3) is 0.222. The van der Waals surface area contributed by atoms with E-state index < -0.39 is 0 Å². The number of halogens is 1. The topological polar surface area (TPSA) is 61.4 Å². The van der Waals surface area contributed by atoms with E-state index in [1.165, 1.54) is 0 Å². The maximum Gasteiger partial charge on any atom is 0.319 e. The minimum atomic E-state index is -0.306. The number of carbonyl (C=O) groups is 2. The lowest BCUT2D eigenvalue weighted by atomic mass is 10.2. The van der Waals surface area contributed by atoms with Gasteiger partial charge in [0.05, 0.1) is 6.04 Å². The predicted molar refractivity (Wildman–Crippen MR) is 95.5 cm³/mol.